The molecule has 0 saturated heterocycles. The lowest BCUT2D eigenvalue weighted by molar-refractivity contribution is -0.132. The lowest BCUT2D eigenvalue weighted by Crippen LogP contribution is -2.50. The predicted molar refractivity (Wildman–Crippen MR) is 130 cm³/mol. The van der Waals surface area contributed by atoms with Crippen molar-refractivity contribution in [3.05, 3.63) is 69.2 Å². The molecule has 4 nitrogen and oxygen atoms in total. The van der Waals surface area contributed by atoms with Crippen LogP contribution >= 0.6 is 34.8 Å². The third-order valence-electron chi connectivity index (χ3n) is 6.38. The van der Waals surface area contributed by atoms with Crippen LogP contribution in [0, 0.1) is 0 Å². The number of rotatable bonds is 6. The van der Waals surface area contributed by atoms with Gasteiger partial charge in [-0.25, -0.2) is 0 Å². The van der Waals surface area contributed by atoms with Gasteiger partial charge in [-0.3, -0.25) is 14.6 Å². The minimum absolute atomic E-state index is 0.0961. The number of aliphatic imine (C=N–C) groups is 1. The molecule has 0 unspecified atom stereocenters. The summed E-state index contributed by atoms with van der Waals surface area (Å²) < 4.78 is 0. The van der Waals surface area contributed by atoms with Gasteiger partial charge in [-0.1, -0.05) is 55.1 Å². The van der Waals surface area contributed by atoms with Crippen LogP contribution in [-0.4, -0.2) is 27.4 Å². The molecule has 2 aliphatic rings. The highest BCUT2D eigenvalue weighted by Gasteiger charge is 2.50. The third-order valence-corrected chi connectivity index (χ3v) is 7.03. The lowest BCUT2D eigenvalue weighted by Gasteiger charge is -2.44. The first kappa shape index (κ1) is 23.3. The van der Waals surface area contributed by atoms with E-state index < -0.39 is 10.9 Å². The van der Waals surface area contributed by atoms with Gasteiger partial charge < -0.3 is 4.90 Å². The van der Waals surface area contributed by atoms with Crippen LogP contribution < -0.4 is 0 Å². The lowest BCUT2D eigenvalue weighted by atomic mass is 9.86. The van der Waals surface area contributed by atoms with Gasteiger partial charge >= 0.3 is 0 Å². The Hall–Kier alpha value is -1.88. The summed E-state index contributed by atoms with van der Waals surface area (Å²) in [5, 5.41) is 0.462. The van der Waals surface area contributed by atoms with Crippen LogP contribution in [0.2, 0.25) is 10.0 Å². The van der Waals surface area contributed by atoms with E-state index >= 15 is 0 Å². The van der Waals surface area contributed by atoms with E-state index in [2.05, 4.69) is 6.92 Å². The fraction of sp³-hybridized carbons (Fsp3) is 0.400. The maximum absolute atomic E-state index is 13.9. The van der Waals surface area contributed by atoms with Gasteiger partial charge in [0.2, 0.25) is 0 Å². The van der Waals surface area contributed by atoms with Crippen molar-refractivity contribution in [1.29, 1.82) is 0 Å². The quantitative estimate of drug-likeness (QED) is 0.401. The first-order valence-corrected chi connectivity index (χ1v) is 12.2. The van der Waals surface area contributed by atoms with E-state index in [0.717, 1.165) is 50.5 Å². The molecule has 1 aliphatic heterocycles. The highest BCUT2D eigenvalue weighted by atomic mass is 35.5. The molecule has 1 atom stereocenters. The van der Waals surface area contributed by atoms with Crippen molar-refractivity contribution in [1.82, 2.24) is 4.90 Å². The molecule has 1 fully saturated rings. The molecular formula is C25H25Cl3N2O2. The van der Waals surface area contributed by atoms with E-state index in [1.807, 2.05) is 17.0 Å². The molecule has 1 heterocycles. The van der Waals surface area contributed by atoms with Gasteiger partial charge in [-0.05, 0) is 79.6 Å². The number of nitrogens with zero attached hydrogens (tertiary/aromatic N) is 2. The van der Waals surface area contributed by atoms with E-state index in [0.29, 0.717) is 26.9 Å². The second-order valence-electron chi connectivity index (χ2n) is 8.54. The summed E-state index contributed by atoms with van der Waals surface area (Å²) in [7, 11) is 0. The Kier molecular flexibility index (Phi) is 6.94. The molecule has 1 aliphatic carbocycles. The molecule has 0 N–H and O–H groups in total. The second kappa shape index (κ2) is 9.54. The van der Waals surface area contributed by atoms with Gasteiger partial charge in [0.1, 0.15) is 11.4 Å². The van der Waals surface area contributed by atoms with Crippen LogP contribution in [0.25, 0.3) is 0 Å². The Morgan fingerprint density at radius 3 is 2.25 bits per heavy atom. The topological polar surface area (TPSA) is 49.7 Å². The van der Waals surface area contributed by atoms with Crippen molar-refractivity contribution in [3.8, 4) is 0 Å². The Bertz CT molecular complexity index is 1040. The first-order valence-electron chi connectivity index (χ1n) is 11.0. The standard InChI is InChI=1S/C25H25Cl3N2O2/c1-2-6-21(16-7-9-17(10-8-16)23(28)31)30-24(32)22(18-13-19(26)15-20(27)14-18)29-25(30)11-4-3-5-12-25/h7-10,13-15,21H,2-6,11-12H2,1H3/t21-/m1/s1. The molecule has 1 amide bonds. The number of benzene rings is 2. The van der Waals surface area contributed by atoms with Gasteiger partial charge in [0.15, 0.2) is 0 Å². The van der Waals surface area contributed by atoms with Crippen LogP contribution in [-0.2, 0) is 4.79 Å². The van der Waals surface area contributed by atoms with Crippen LogP contribution in [0.1, 0.15) is 79.4 Å². The van der Waals surface area contributed by atoms with Crippen molar-refractivity contribution in [2.45, 2.75) is 63.6 Å². The summed E-state index contributed by atoms with van der Waals surface area (Å²) in [6.07, 6.45) is 6.54. The van der Waals surface area contributed by atoms with Gasteiger partial charge in [0, 0.05) is 21.2 Å². The number of hydrogen-bond acceptors (Lipinski definition) is 3. The number of halogens is 3. The molecule has 168 valence electrons. The van der Waals surface area contributed by atoms with Crippen molar-refractivity contribution < 1.29 is 9.59 Å². The fourth-order valence-electron chi connectivity index (χ4n) is 4.95. The Labute approximate surface area is 203 Å². The average molecular weight is 492 g/mol. The van der Waals surface area contributed by atoms with Crippen molar-refractivity contribution >= 4 is 51.7 Å². The molecule has 4 rings (SSSR count). The SMILES string of the molecule is CCC[C@H](c1ccc(C(=O)Cl)cc1)N1C(=O)C(c2cc(Cl)cc(Cl)c2)=NC12CCCCC2. The molecule has 0 aromatic heterocycles. The highest BCUT2D eigenvalue weighted by molar-refractivity contribution is 6.67. The van der Waals surface area contributed by atoms with E-state index in [4.69, 9.17) is 39.8 Å². The smallest absolute Gasteiger partial charge is 0.275 e. The number of hydrogen-bond donors (Lipinski definition) is 0. The largest absolute Gasteiger partial charge is 0.305 e. The Morgan fingerprint density at radius 2 is 1.69 bits per heavy atom. The number of carbonyl (C=O) groups excluding carboxylic acids is 2. The summed E-state index contributed by atoms with van der Waals surface area (Å²) in [6, 6.07) is 12.2. The van der Waals surface area contributed by atoms with E-state index in [9.17, 15) is 9.59 Å². The van der Waals surface area contributed by atoms with Gasteiger partial charge in [-0.2, -0.15) is 0 Å². The summed E-state index contributed by atoms with van der Waals surface area (Å²) in [4.78, 5) is 32.5. The molecule has 1 spiro atoms. The maximum atomic E-state index is 13.9. The zero-order valence-electron chi connectivity index (χ0n) is 17.9. The predicted octanol–water partition coefficient (Wildman–Crippen LogP) is 7.21. The number of amides is 1. The molecular weight excluding hydrogens is 467 g/mol. The molecule has 2 aromatic carbocycles. The zero-order valence-corrected chi connectivity index (χ0v) is 20.2. The van der Waals surface area contributed by atoms with Crippen LogP contribution in [0.3, 0.4) is 0 Å². The van der Waals surface area contributed by atoms with E-state index in [1.165, 1.54) is 0 Å². The highest BCUT2D eigenvalue weighted by Crippen LogP contribution is 2.45. The first-order chi connectivity index (χ1) is 15.3. The molecule has 0 radical (unpaired) electrons. The molecule has 0 bridgehead atoms. The summed E-state index contributed by atoms with van der Waals surface area (Å²) >= 11 is 18.1. The molecule has 1 saturated carbocycles. The maximum Gasteiger partial charge on any atom is 0.275 e. The van der Waals surface area contributed by atoms with Gasteiger partial charge in [0.05, 0.1) is 6.04 Å². The molecule has 32 heavy (non-hydrogen) atoms. The monoisotopic (exact) mass is 490 g/mol. The normalized spacial score (nSPS) is 18.7. The Morgan fingerprint density at radius 1 is 1.06 bits per heavy atom. The van der Waals surface area contributed by atoms with Gasteiger partial charge in [-0.15, -0.1) is 0 Å². The summed E-state index contributed by atoms with van der Waals surface area (Å²) in [5.74, 6) is -0.0961. The minimum atomic E-state index is -0.569. The van der Waals surface area contributed by atoms with Crippen LogP contribution in [0.4, 0.5) is 0 Å². The second-order valence-corrected chi connectivity index (χ2v) is 9.75. The van der Waals surface area contributed by atoms with Crippen molar-refractivity contribution in [2.24, 2.45) is 4.99 Å². The fourth-order valence-corrected chi connectivity index (χ4v) is 5.60. The molecule has 7 heteroatoms. The Balaban J connectivity index is 1.79. The van der Waals surface area contributed by atoms with Gasteiger partial charge in [0.25, 0.3) is 11.1 Å². The van der Waals surface area contributed by atoms with E-state index in [1.54, 1.807) is 30.3 Å². The zero-order chi connectivity index (χ0) is 22.9. The summed E-state index contributed by atoms with van der Waals surface area (Å²) in [5.41, 5.74) is 1.92. The van der Waals surface area contributed by atoms with Crippen molar-refractivity contribution in [3.63, 3.8) is 0 Å². The average Bonchev–Trinajstić information content (AvgIpc) is 3.03. The van der Waals surface area contributed by atoms with Crippen LogP contribution in [0.5, 0.6) is 0 Å². The van der Waals surface area contributed by atoms with Crippen LogP contribution in [0.15, 0.2) is 47.5 Å². The third kappa shape index (κ3) is 4.46. The molecule has 2 aromatic rings. The number of carbonyl (C=O) groups is 2. The summed E-state index contributed by atoms with van der Waals surface area (Å²) in [6.45, 7) is 2.11. The van der Waals surface area contributed by atoms with Crippen molar-refractivity contribution in [2.75, 3.05) is 0 Å². The minimum Gasteiger partial charge on any atom is -0.305 e. The van der Waals surface area contributed by atoms with E-state index in [-0.39, 0.29) is 11.9 Å².